The van der Waals surface area contributed by atoms with Gasteiger partial charge in [-0.1, -0.05) is 24.3 Å². The van der Waals surface area contributed by atoms with Crippen molar-refractivity contribution in [3.8, 4) is 11.5 Å². The largest absolute Gasteiger partial charge is 0.454 e. The Hall–Kier alpha value is -3.47. The zero-order valence-corrected chi connectivity index (χ0v) is 15.8. The van der Waals surface area contributed by atoms with Gasteiger partial charge in [0.15, 0.2) is 11.5 Å². The van der Waals surface area contributed by atoms with Crippen LogP contribution in [0.25, 0.3) is 12.2 Å². The van der Waals surface area contributed by atoms with Crippen LogP contribution in [0.2, 0.25) is 0 Å². The van der Waals surface area contributed by atoms with Crippen LogP contribution in [0.5, 0.6) is 11.5 Å². The number of rotatable bonds is 6. The van der Waals surface area contributed by atoms with Crippen molar-refractivity contribution in [2.45, 2.75) is 6.42 Å². The third kappa shape index (κ3) is 4.26. The van der Waals surface area contributed by atoms with Crippen molar-refractivity contribution in [3.05, 3.63) is 77.6 Å². The molecule has 5 heteroatoms. The fraction of sp³-hybridized carbons (Fsp3) is 0.174. The molecule has 0 unspecified atom stereocenters. The lowest BCUT2D eigenvalue weighted by atomic mass is 10.1. The van der Waals surface area contributed by atoms with E-state index in [4.69, 9.17) is 15.2 Å². The van der Waals surface area contributed by atoms with Crippen LogP contribution in [0, 0.1) is 0 Å². The SMILES string of the molecule is CN(CCc1ccc2c(c1)OCO2)c1ccnc(/C=C/c2ccc(N)cc2)c1. The van der Waals surface area contributed by atoms with Crippen molar-refractivity contribution < 1.29 is 9.47 Å². The number of pyridine rings is 1. The summed E-state index contributed by atoms with van der Waals surface area (Å²) in [7, 11) is 2.09. The Kier molecular flexibility index (Phi) is 5.15. The monoisotopic (exact) mass is 373 g/mol. The van der Waals surface area contributed by atoms with Gasteiger partial charge in [-0.25, -0.2) is 0 Å². The summed E-state index contributed by atoms with van der Waals surface area (Å²) in [6, 6.07) is 18.0. The third-order valence-corrected chi connectivity index (χ3v) is 4.76. The smallest absolute Gasteiger partial charge is 0.231 e. The van der Waals surface area contributed by atoms with E-state index in [1.165, 1.54) is 5.56 Å². The second-order valence-electron chi connectivity index (χ2n) is 6.80. The molecule has 2 heterocycles. The van der Waals surface area contributed by atoms with Crippen LogP contribution in [0.3, 0.4) is 0 Å². The number of likely N-dealkylation sites (N-methyl/N-ethyl adjacent to an activating group) is 1. The number of nitrogen functional groups attached to an aromatic ring is 1. The van der Waals surface area contributed by atoms with Gasteiger partial charge in [0, 0.05) is 31.2 Å². The summed E-state index contributed by atoms with van der Waals surface area (Å²) < 4.78 is 10.8. The summed E-state index contributed by atoms with van der Waals surface area (Å²) in [5.41, 5.74) is 10.9. The molecule has 2 aromatic carbocycles. The van der Waals surface area contributed by atoms with Crippen molar-refractivity contribution >= 4 is 23.5 Å². The molecule has 4 rings (SSSR count). The summed E-state index contributed by atoms with van der Waals surface area (Å²) in [6.07, 6.45) is 6.82. The number of aromatic nitrogens is 1. The number of benzene rings is 2. The molecule has 0 amide bonds. The number of nitrogens with zero attached hydrogens (tertiary/aromatic N) is 2. The molecule has 3 aromatic rings. The van der Waals surface area contributed by atoms with Crippen molar-refractivity contribution in [1.29, 1.82) is 0 Å². The van der Waals surface area contributed by atoms with Gasteiger partial charge in [0.2, 0.25) is 6.79 Å². The first-order valence-electron chi connectivity index (χ1n) is 9.27. The van der Waals surface area contributed by atoms with Crippen molar-refractivity contribution in [2.24, 2.45) is 0 Å². The second-order valence-corrected chi connectivity index (χ2v) is 6.80. The Labute approximate surface area is 165 Å². The molecule has 0 saturated heterocycles. The Bertz CT molecular complexity index is 983. The van der Waals surface area contributed by atoms with Crippen molar-refractivity contribution in [1.82, 2.24) is 4.98 Å². The van der Waals surface area contributed by atoms with E-state index < -0.39 is 0 Å². The van der Waals surface area contributed by atoms with Crippen molar-refractivity contribution in [2.75, 3.05) is 31.0 Å². The highest BCUT2D eigenvalue weighted by molar-refractivity contribution is 5.70. The molecule has 28 heavy (non-hydrogen) atoms. The number of nitrogens with two attached hydrogens (primary N) is 1. The fourth-order valence-electron chi connectivity index (χ4n) is 3.08. The van der Waals surface area contributed by atoms with E-state index in [9.17, 15) is 0 Å². The molecular formula is C23H23N3O2. The molecule has 5 nitrogen and oxygen atoms in total. The Balaban J connectivity index is 1.39. The molecule has 0 aliphatic carbocycles. The normalized spacial score (nSPS) is 12.5. The van der Waals surface area contributed by atoms with E-state index in [2.05, 4.69) is 35.1 Å². The quantitative estimate of drug-likeness (QED) is 0.655. The van der Waals surface area contributed by atoms with Gasteiger partial charge in [-0.05, 0) is 60.0 Å². The standard InChI is InChI=1S/C23H23N3O2/c1-26(13-11-18-5-9-22-23(14-18)28-16-27-22)21-10-12-25-20(15-21)8-4-17-2-6-19(24)7-3-17/h2-10,12,14-15H,11,13,16,24H2,1H3/b8-4+. The molecule has 0 atom stereocenters. The molecular weight excluding hydrogens is 350 g/mol. The minimum Gasteiger partial charge on any atom is -0.454 e. The van der Waals surface area contributed by atoms with E-state index in [0.29, 0.717) is 6.79 Å². The summed E-state index contributed by atoms with van der Waals surface area (Å²) in [4.78, 5) is 6.67. The average Bonchev–Trinajstić information content (AvgIpc) is 3.20. The fourth-order valence-corrected chi connectivity index (χ4v) is 3.08. The van der Waals surface area contributed by atoms with Gasteiger partial charge in [0.05, 0.1) is 5.69 Å². The number of hydrogen-bond donors (Lipinski definition) is 1. The number of anilines is 2. The molecule has 142 valence electrons. The third-order valence-electron chi connectivity index (χ3n) is 4.76. The van der Waals surface area contributed by atoms with Crippen molar-refractivity contribution in [3.63, 3.8) is 0 Å². The highest BCUT2D eigenvalue weighted by Gasteiger charge is 2.13. The Morgan fingerprint density at radius 3 is 2.68 bits per heavy atom. The van der Waals surface area contributed by atoms with Gasteiger partial charge in [-0.2, -0.15) is 0 Å². The van der Waals surface area contributed by atoms with Crippen LogP contribution in [-0.4, -0.2) is 25.4 Å². The number of fused-ring (bicyclic) bond motifs is 1. The van der Waals surface area contributed by atoms with Gasteiger partial charge in [-0.15, -0.1) is 0 Å². The van der Waals surface area contributed by atoms with Crippen LogP contribution >= 0.6 is 0 Å². The first-order valence-corrected chi connectivity index (χ1v) is 9.27. The van der Waals surface area contributed by atoms with Crippen LogP contribution in [0.1, 0.15) is 16.8 Å². The predicted molar refractivity (Wildman–Crippen MR) is 114 cm³/mol. The second kappa shape index (κ2) is 8.05. The molecule has 1 aliphatic rings. The highest BCUT2D eigenvalue weighted by atomic mass is 16.7. The van der Waals surface area contributed by atoms with E-state index in [-0.39, 0.29) is 0 Å². The average molecular weight is 373 g/mol. The van der Waals surface area contributed by atoms with Gasteiger partial charge in [0.25, 0.3) is 0 Å². The summed E-state index contributed by atoms with van der Waals surface area (Å²) in [5.74, 6) is 1.66. The predicted octanol–water partition coefficient (Wildman–Crippen LogP) is 4.24. The molecule has 2 N–H and O–H groups in total. The van der Waals surface area contributed by atoms with E-state index in [1.54, 1.807) is 0 Å². The van der Waals surface area contributed by atoms with Crippen LogP contribution < -0.4 is 20.1 Å². The van der Waals surface area contributed by atoms with Crippen LogP contribution in [0.15, 0.2) is 60.8 Å². The molecule has 0 bridgehead atoms. The van der Waals surface area contributed by atoms with Crippen LogP contribution in [-0.2, 0) is 6.42 Å². The Morgan fingerprint density at radius 1 is 1.00 bits per heavy atom. The molecule has 0 fully saturated rings. The maximum Gasteiger partial charge on any atom is 0.231 e. The minimum absolute atomic E-state index is 0.308. The lowest BCUT2D eigenvalue weighted by Crippen LogP contribution is -2.20. The summed E-state index contributed by atoms with van der Waals surface area (Å²) >= 11 is 0. The molecule has 0 radical (unpaired) electrons. The number of ether oxygens (including phenoxy) is 2. The lowest BCUT2D eigenvalue weighted by molar-refractivity contribution is 0.174. The summed E-state index contributed by atoms with van der Waals surface area (Å²) in [6.45, 7) is 1.20. The van der Waals surface area contributed by atoms with Gasteiger partial charge in [-0.3, -0.25) is 4.98 Å². The van der Waals surface area contributed by atoms with Gasteiger partial charge < -0.3 is 20.1 Å². The first kappa shape index (κ1) is 17.9. The summed E-state index contributed by atoms with van der Waals surface area (Å²) in [5, 5.41) is 0. The highest BCUT2D eigenvalue weighted by Crippen LogP contribution is 2.32. The maximum absolute atomic E-state index is 5.73. The molecule has 0 spiro atoms. The van der Waals surface area contributed by atoms with E-state index >= 15 is 0 Å². The zero-order valence-electron chi connectivity index (χ0n) is 15.8. The number of hydrogen-bond acceptors (Lipinski definition) is 5. The zero-order chi connectivity index (χ0) is 19.3. The lowest BCUT2D eigenvalue weighted by Gasteiger charge is -2.19. The maximum atomic E-state index is 5.73. The first-order chi connectivity index (χ1) is 13.7. The van der Waals surface area contributed by atoms with Crippen LogP contribution in [0.4, 0.5) is 11.4 Å². The Morgan fingerprint density at radius 2 is 1.82 bits per heavy atom. The minimum atomic E-state index is 0.308. The van der Waals surface area contributed by atoms with E-state index in [1.807, 2.05) is 54.7 Å². The topological polar surface area (TPSA) is 60.6 Å². The van der Waals surface area contributed by atoms with E-state index in [0.717, 1.165) is 47.1 Å². The van der Waals surface area contributed by atoms with Gasteiger partial charge in [0.1, 0.15) is 0 Å². The molecule has 0 saturated carbocycles. The van der Waals surface area contributed by atoms with Gasteiger partial charge >= 0.3 is 0 Å². The molecule has 1 aromatic heterocycles. The molecule has 1 aliphatic heterocycles.